The number of carbonyl (C=O) groups is 1. The second-order valence-electron chi connectivity index (χ2n) is 6.09. The highest BCUT2D eigenvalue weighted by molar-refractivity contribution is 6.31. The molecule has 0 atom stereocenters. The van der Waals surface area contributed by atoms with Gasteiger partial charge in [-0.15, -0.1) is 0 Å². The number of rotatable bonds is 6. The van der Waals surface area contributed by atoms with Crippen LogP contribution in [0.5, 0.6) is 11.6 Å². The summed E-state index contributed by atoms with van der Waals surface area (Å²) < 4.78 is 5.55. The number of anilines is 1. The Balaban J connectivity index is 1.82. The minimum atomic E-state index is -0.696. The first-order valence-electron chi connectivity index (χ1n) is 8.41. The summed E-state index contributed by atoms with van der Waals surface area (Å²) in [4.78, 5) is 30.8. The van der Waals surface area contributed by atoms with E-state index in [0.717, 1.165) is 17.5 Å². The van der Waals surface area contributed by atoms with Gasteiger partial charge < -0.3 is 4.74 Å². The molecule has 0 unspecified atom stereocenters. The van der Waals surface area contributed by atoms with Gasteiger partial charge in [0, 0.05) is 10.6 Å². The maximum absolute atomic E-state index is 12.2. The summed E-state index contributed by atoms with van der Waals surface area (Å²) in [7, 11) is 0. The molecule has 1 heterocycles. The van der Waals surface area contributed by atoms with Crippen molar-refractivity contribution in [3.05, 3.63) is 80.6 Å². The highest BCUT2D eigenvalue weighted by Gasteiger charge is 2.25. The van der Waals surface area contributed by atoms with Crippen molar-refractivity contribution in [2.24, 2.45) is 0 Å². The SMILES string of the molecule is Cc1ccc(C(=O)NNc2ncnc(Oc3ccc(Cl)c(C)c3)c2[N+](=O)[O-])cc1. The molecule has 3 rings (SSSR count). The molecule has 0 aliphatic heterocycles. The fourth-order valence-electron chi connectivity index (χ4n) is 2.38. The van der Waals surface area contributed by atoms with Crippen LogP contribution in [0.2, 0.25) is 5.02 Å². The van der Waals surface area contributed by atoms with Gasteiger partial charge in [0.05, 0.1) is 4.92 Å². The smallest absolute Gasteiger partial charge is 0.374 e. The number of ether oxygens (including phenoxy) is 1. The molecule has 1 aromatic heterocycles. The zero-order valence-corrected chi connectivity index (χ0v) is 16.2. The normalized spacial score (nSPS) is 10.3. The summed E-state index contributed by atoms with van der Waals surface area (Å²) in [6.45, 7) is 3.67. The second-order valence-corrected chi connectivity index (χ2v) is 6.50. The molecular formula is C19H16ClN5O4. The molecule has 29 heavy (non-hydrogen) atoms. The third-order valence-corrected chi connectivity index (χ3v) is 4.35. The van der Waals surface area contributed by atoms with Crippen LogP contribution < -0.4 is 15.6 Å². The lowest BCUT2D eigenvalue weighted by Gasteiger charge is -2.11. The minimum absolute atomic E-state index is 0.217. The molecule has 148 valence electrons. The molecule has 0 aliphatic rings. The molecule has 9 nitrogen and oxygen atoms in total. The first-order chi connectivity index (χ1) is 13.8. The zero-order chi connectivity index (χ0) is 21.0. The Kier molecular flexibility index (Phi) is 5.89. The number of halogens is 1. The van der Waals surface area contributed by atoms with Crippen LogP contribution >= 0.6 is 11.6 Å². The molecule has 3 aromatic rings. The van der Waals surface area contributed by atoms with Crippen LogP contribution in [0.3, 0.4) is 0 Å². The standard InChI is InChI=1S/C19H16ClN5O4/c1-11-3-5-13(6-4-11)18(26)24-23-17-16(25(27)28)19(22-10-21-17)29-14-7-8-15(20)12(2)9-14/h3-10H,1-2H3,(H,24,26)(H,21,22,23). The summed E-state index contributed by atoms with van der Waals surface area (Å²) in [6.07, 6.45) is 1.09. The molecule has 2 aromatic carbocycles. The molecule has 0 saturated heterocycles. The summed E-state index contributed by atoms with van der Waals surface area (Å²) in [6, 6.07) is 11.6. The Morgan fingerprint density at radius 1 is 1.14 bits per heavy atom. The van der Waals surface area contributed by atoms with Gasteiger partial charge in [-0.1, -0.05) is 29.3 Å². The highest BCUT2D eigenvalue weighted by Crippen LogP contribution is 2.34. The molecule has 0 fully saturated rings. The summed E-state index contributed by atoms with van der Waals surface area (Å²) >= 11 is 5.98. The number of aryl methyl sites for hydroxylation is 2. The van der Waals surface area contributed by atoms with Gasteiger partial charge >= 0.3 is 11.6 Å². The average Bonchev–Trinajstić information content (AvgIpc) is 2.69. The van der Waals surface area contributed by atoms with Crippen molar-refractivity contribution in [1.29, 1.82) is 0 Å². The summed E-state index contributed by atoms with van der Waals surface area (Å²) in [5.41, 5.74) is 6.44. The van der Waals surface area contributed by atoms with Crippen LogP contribution in [-0.4, -0.2) is 20.8 Å². The predicted molar refractivity (Wildman–Crippen MR) is 107 cm³/mol. The number of nitrogens with zero attached hydrogens (tertiary/aromatic N) is 3. The molecule has 1 amide bonds. The van der Waals surface area contributed by atoms with Crippen molar-refractivity contribution >= 4 is 29.0 Å². The van der Waals surface area contributed by atoms with Crippen LogP contribution in [0.15, 0.2) is 48.8 Å². The molecule has 10 heteroatoms. The van der Waals surface area contributed by atoms with Crippen LogP contribution in [-0.2, 0) is 0 Å². The molecule has 0 radical (unpaired) electrons. The summed E-state index contributed by atoms with van der Waals surface area (Å²) in [5.74, 6) is -0.651. The van der Waals surface area contributed by atoms with Crippen LogP contribution in [0.25, 0.3) is 0 Å². The van der Waals surface area contributed by atoms with E-state index in [1.165, 1.54) is 0 Å². The summed E-state index contributed by atoms with van der Waals surface area (Å²) in [5, 5.41) is 12.1. The van der Waals surface area contributed by atoms with E-state index in [2.05, 4.69) is 20.8 Å². The van der Waals surface area contributed by atoms with E-state index in [9.17, 15) is 14.9 Å². The van der Waals surface area contributed by atoms with Crippen LogP contribution in [0.1, 0.15) is 21.5 Å². The second kappa shape index (κ2) is 8.53. The Labute approximate surface area is 170 Å². The van der Waals surface area contributed by atoms with Crippen LogP contribution in [0, 0.1) is 24.0 Å². The van der Waals surface area contributed by atoms with Gasteiger partial charge in [0.2, 0.25) is 5.82 Å². The highest BCUT2D eigenvalue weighted by atomic mass is 35.5. The van der Waals surface area contributed by atoms with E-state index in [4.69, 9.17) is 16.3 Å². The van der Waals surface area contributed by atoms with Gasteiger partial charge in [-0.2, -0.15) is 4.98 Å². The Bertz CT molecular complexity index is 1070. The Morgan fingerprint density at radius 3 is 2.52 bits per heavy atom. The zero-order valence-electron chi connectivity index (χ0n) is 15.5. The molecule has 0 saturated carbocycles. The van der Waals surface area contributed by atoms with Crippen molar-refractivity contribution < 1.29 is 14.5 Å². The van der Waals surface area contributed by atoms with Gasteiger partial charge in [-0.05, 0) is 49.7 Å². The first-order valence-corrected chi connectivity index (χ1v) is 8.79. The molecule has 0 aliphatic carbocycles. The number of hydrazine groups is 1. The van der Waals surface area contributed by atoms with E-state index >= 15 is 0 Å². The van der Waals surface area contributed by atoms with Crippen molar-refractivity contribution in [2.45, 2.75) is 13.8 Å². The fraction of sp³-hybridized carbons (Fsp3) is 0.105. The number of hydrogen-bond donors (Lipinski definition) is 2. The molecule has 0 spiro atoms. The van der Waals surface area contributed by atoms with E-state index in [-0.39, 0.29) is 11.7 Å². The van der Waals surface area contributed by atoms with E-state index in [0.29, 0.717) is 16.3 Å². The van der Waals surface area contributed by atoms with Gasteiger partial charge in [0.1, 0.15) is 12.1 Å². The van der Waals surface area contributed by atoms with Crippen LogP contribution in [0.4, 0.5) is 11.5 Å². The van der Waals surface area contributed by atoms with Crippen molar-refractivity contribution in [3.63, 3.8) is 0 Å². The number of benzene rings is 2. The van der Waals surface area contributed by atoms with Crippen molar-refractivity contribution in [2.75, 3.05) is 5.43 Å². The van der Waals surface area contributed by atoms with Gasteiger partial charge in [0.25, 0.3) is 5.91 Å². The number of hydrogen-bond acceptors (Lipinski definition) is 7. The van der Waals surface area contributed by atoms with E-state index < -0.39 is 16.5 Å². The van der Waals surface area contributed by atoms with Crippen molar-refractivity contribution in [3.8, 4) is 11.6 Å². The topological polar surface area (TPSA) is 119 Å². The molecule has 2 N–H and O–H groups in total. The number of carbonyl (C=O) groups excluding carboxylic acids is 1. The number of nitro groups is 1. The van der Waals surface area contributed by atoms with E-state index in [1.54, 1.807) is 49.4 Å². The quantitative estimate of drug-likeness (QED) is 0.459. The minimum Gasteiger partial charge on any atom is -0.434 e. The molecule has 0 bridgehead atoms. The number of amides is 1. The lowest BCUT2D eigenvalue weighted by atomic mass is 10.1. The monoisotopic (exact) mass is 413 g/mol. The van der Waals surface area contributed by atoms with Crippen molar-refractivity contribution in [1.82, 2.24) is 15.4 Å². The third kappa shape index (κ3) is 4.77. The fourth-order valence-corrected chi connectivity index (χ4v) is 2.50. The van der Waals surface area contributed by atoms with E-state index in [1.807, 2.05) is 6.92 Å². The third-order valence-electron chi connectivity index (χ3n) is 3.92. The average molecular weight is 414 g/mol. The Hall–Kier alpha value is -3.72. The molecular weight excluding hydrogens is 398 g/mol. The number of aromatic nitrogens is 2. The maximum atomic E-state index is 12.2. The predicted octanol–water partition coefficient (Wildman–Crippen LogP) is 4.20. The van der Waals surface area contributed by atoms with Gasteiger partial charge in [-0.25, -0.2) is 4.98 Å². The Morgan fingerprint density at radius 2 is 1.86 bits per heavy atom. The van der Waals surface area contributed by atoms with Gasteiger partial charge in [0.15, 0.2) is 0 Å². The number of nitrogens with one attached hydrogen (secondary N) is 2. The first kappa shape index (κ1) is 20.0. The lowest BCUT2D eigenvalue weighted by Crippen LogP contribution is -2.30. The maximum Gasteiger partial charge on any atom is 0.374 e. The van der Waals surface area contributed by atoms with Gasteiger partial charge in [-0.3, -0.25) is 25.8 Å². The largest absolute Gasteiger partial charge is 0.434 e. The lowest BCUT2D eigenvalue weighted by molar-refractivity contribution is -0.385.